The molecule has 1 fully saturated rings. The lowest BCUT2D eigenvalue weighted by Gasteiger charge is -2.37. The Morgan fingerprint density at radius 1 is 1.08 bits per heavy atom. The molecule has 1 aromatic rings. The van der Waals surface area contributed by atoms with E-state index in [-0.39, 0.29) is 17.1 Å². The summed E-state index contributed by atoms with van der Waals surface area (Å²) >= 11 is 0. The quantitative estimate of drug-likeness (QED) is 0.584. The van der Waals surface area contributed by atoms with Crippen molar-refractivity contribution in [1.29, 1.82) is 0 Å². The van der Waals surface area contributed by atoms with E-state index in [4.69, 9.17) is 9.47 Å². The van der Waals surface area contributed by atoms with Crippen LogP contribution in [-0.4, -0.2) is 73.0 Å². The molecule has 0 radical (unpaired) electrons. The molecule has 0 aliphatic carbocycles. The smallest absolute Gasteiger partial charge is 0.465 e. The van der Waals surface area contributed by atoms with Crippen LogP contribution in [0.1, 0.15) is 31.1 Å². The molecule has 0 spiro atoms. The molecule has 0 bridgehead atoms. The fraction of sp³-hybridized carbons (Fsp3) is 0.529. The number of carbonyl (C=O) groups excluding carboxylic acids is 2. The highest BCUT2D eigenvalue weighted by atomic mass is 16.6. The molecule has 1 aromatic carbocycles. The van der Waals surface area contributed by atoms with E-state index in [0.717, 1.165) is 0 Å². The second-order valence-electron chi connectivity index (χ2n) is 7.13. The van der Waals surface area contributed by atoms with E-state index in [2.05, 4.69) is 0 Å². The van der Waals surface area contributed by atoms with Gasteiger partial charge in [0, 0.05) is 31.9 Å². The maximum atomic E-state index is 12.1. The molecule has 0 aromatic heterocycles. The number of carbonyl (C=O) groups is 2. The number of piperazine rings is 1. The second-order valence-corrected chi connectivity index (χ2v) is 7.13. The third kappa shape index (κ3) is 5.12. The van der Waals surface area contributed by atoms with Gasteiger partial charge in [-0.05, 0) is 44.4 Å². The summed E-state index contributed by atoms with van der Waals surface area (Å²) in [6, 6.07) is 4.64. The van der Waals surface area contributed by atoms with Gasteiger partial charge in [0.05, 0.1) is 12.7 Å². The van der Waals surface area contributed by atoms with E-state index in [9.17, 15) is 19.6 Å². The summed E-state index contributed by atoms with van der Waals surface area (Å²) in [4.78, 5) is 27.6. The van der Waals surface area contributed by atoms with E-state index < -0.39 is 18.7 Å². The molecule has 142 valence electrons. The molecule has 1 amide bonds. The van der Waals surface area contributed by atoms with Crippen LogP contribution in [0, 0.1) is 0 Å². The number of anilines is 1. The van der Waals surface area contributed by atoms with E-state index in [1.54, 1.807) is 17.0 Å². The zero-order chi connectivity index (χ0) is 19.5. The van der Waals surface area contributed by atoms with Crippen molar-refractivity contribution in [2.24, 2.45) is 0 Å². The minimum absolute atomic E-state index is 0.206. The molecule has 1 aliphatic heterocycles. The van der Waals surface area contributed by atoms with Crippen LogP contribution < -0.4 is 10.4 Å². The van der Waals surface area contributed by atoms with Crippen LogP contribution in [0.3, 0.4) is 0 Å². The van der Waals surface area contributed by atoms with Gasteiger partial charge >= 0.3 is 19.2 Å². The highest BCUT2D eigenvalue weighted by Gasteiger charge is 2.27. The van der Waals surface area contributed by atoms with Crippen LogP contribution in [0.25, 0.3) is 0 Å². The largest absolute Gasteiger partial charge is 0.488 e. The van der Waals surface area contributed by atoms with Gasteiger partial charge in [0.1, 0.15) is 5.60 Å². The minimum Gasteiger partial charge on any atom is -0.465 e. The Balaban J connectivity index is 2.12. The van der Waals surface area contributed by atoms with Gasteiger partial charge in [-0.1, -0.05) is 0 Å². The summed E-state index contributed by atoms with van der Waals surface area (Å²) < 4.78 is 10.1. The first-order valence-corrected chi connectivity index (χ1v) is 8.43. The molecule has 0 saturated carbocycles. The van der Waals surface area contributed by atoms with Crippen LogP contribution in [0.4, 0.5) is 10.5 Å². The highest BCUT2D eigenvalue weighted by molar-refractivity contribution is 6.58. The lowest BCUT2D eigenvalue weighted by atomic mass is 9.79. The van der Waals surface area contributed by atoms with Crippen molar-refractivity contribution in [1.82, 2.24) is 4.90 Å². The van der Waals surface area contributed by atoms with Gasteiger partial charge in [-0.25, -0.2) is 9.59 Å². The fourth-order valence-electron chi connectivity index (χ4n) is 2.68. The predicted octanol–water partition coefficient (Wildman–Crippen LogP) is 0.210. The van der Waals surface area contributed by atoms with Gasteiger partial charge in [-0.2, -0.15) is 0 Å². The number of hydrogen-bond donors (Lipinski definition) is 2. The normalized spacial score (nSPS) is 14.8. The molecule has 1 aliphatic rings. The number of rotatable bonds is 3. The minimum atomic E-state index is -1.69. The molecule has 26 heavy (non-hydrogen) atoms. The van der Waals surface area contributed by atoms with Gasteiger partial charge in [0.15, 0.2) is 0 Å². The van der Waals surface area contributed by atoms with Crippen molar-refractivity contribution in [2.45, 2.75) is 26.4 Å². The maximum Gasteiger partial charge on any atom is 0.488 e. The average Bonchev–Trinajstić information content (AvgIpc) is 2.59. The maximum absolute atomic E-state index is 12.1. The molecule has 0 unspecified atom stereocenters. The third-order valence-corrected chi connectivity index (χ3v) is 3.96. The van der Waals surface area contributed by atoms with Crippen molar-refractivity contribution in [3.05, 3.63) is 23.8 Å². The van der Waals surface area contributed by atoms with Gasteiger partial charge in [0.25, 0.3) is 0 Å². The highest BCUT2D eigenvalue weighted by Crippen LogP contribution is 2.19. The zero-order valence-corrected chi connectivity index (χ0v) is 15.6. The van der Waals surface area contributed by atoms with E-state index in [0.29, 0.717) is 31.9 Å². The molecular formula is C17H25BN2O6. The lowest BCUT2D eigenvalue weighted by Crippen LogP contribution is -2.50. The molecular weight excluding hydrogens is 339 g/mol. The first-order valence-electron chi connectivity index (χ1n) is 8.43. The van der Waals surface area contributed by atoms with Gasteiger partial charge in [-0.15, -0.1) is 0 Å². The van der Waals surface area contributed by atoms with Crippen LogP contribution in [0.2, 0.25) is 0 Å². The van der Waals surface area contributed by atoms with E-state index in [1.807, 2.05) is 25.7 Å². The first-order chi connectivity index (χ1) is 12.1. The Morgan fingerprint density at radius 3 is 2.19 bits per heavy atom. The Bertz CT molecular complexity index is 666. The van der Waals surface area contributed by atoms with Gasteiger partial charge in [0.2, 0.25) is 0 Å². The second kappa shape index (κ2) is 7.97. The topological polar surface area (TPSA) is 99.5 Å². The fourth-order valence-corrected chi connectivity index (χ4v) is 2.68. The number of hydrogen-bond acceptors (Lipinski definition) is 7. The Labute approximate surface area is 153 Å². The standard InChI is InChI=1S/C17H25BN2O6/c1-17(2,3)26-16(22)20-7-5-19(6-8-20)14-10-12(15(21)25-4)9-13(11-14)18(23)24/h9-11,23-24H,5-8H2,1-4H3. The summed E-state index contributed by atoms with van der Waals surface area (Å²) in [5, 5.41) is 18.9. The summed E-state index contributed by atoms with van der Waals surface area (Å²) in [5.74, 6) is -0.554. The molecule has 9 heteroatoms. The van der Waals surface area contributed by atoms with Crippen molar-refractivity contribution >= 4 is 30.3 Å². The van der Waals surface area contributed by atoms with Gasteiger partial charge in [-0.3, -0.25) is 0 Å². The Hall–Kier alpha value is -2.26. The van der Waals surface area contributed by atoms with Gasteiger partial charge < -0.3 is 29.3 Å². The lowest BCUT2D eigenvalue weighted by molar-refractivity contribution is 0.0240. The molecule has 8 nitrogen and oxygen atoms in total. The number of methoxy groups -OCH3 is 1. The molecule has 1 heterocycles. The predicted molar refractivity (Wildman–Crippen MR) is 97.6 cm³/mol. The first kappa shape index (κ1) is 20.1. The molecule has 2 N–H and O–H groups in total. The molecule has 1 saturated heterocycles. The summed E-state index contributed by atoms with van der Waals surface area (Å²) in [6.07, 6.45) is -0.355. The van der Waals surface area contributed by atoms with E-state index >= 15 is 0 Å². The summed E-state index contributed by atoms with van der Waals surface area (Å²) in [5.41, 5.74) is 0.565. The third-order valence-electron chi connectivity index (χ3n) is 3.96. The number of nitrogens with zero attached hydrogens (tertiary/aromatic N) is 2. The van der Waals surface area contributed by atoms with E-state index in [1.165, 1.54) is 13.2 Å². The molecule has 0 atom stereocenters. The van der Waals surface area contributed by atoms with Crippen molar-refractivity contribution in [3.8, 4) is 0 Å². The SMILES string of the molecule is COC(=O)c1cc(B(O)O)cc(N2CCN(C(=O)OC(C)(C)C)CC2)c1. The molecule has 2 rings (SSSR count). The summed E-state index contributed by atoms with van der Waals surface area (Å²) in [7, 11) is -0.426. The monoisotopic (exact) mass is 364 g/mol. The van der Waals surface area contributed by atoms with Crippen molar-refractivity contribution < 1.29 is 29.1 Å². The average molecular weight is 364 g/mol. The summed E-state index contributed by atoms with van der Waals surface area (Å²) in [6.45, 7) is 7.46. The number of esters is 1. The van der Waals surface area contributed by atoms with Crippen molar-refractivity contribution in [3.63, 3.8) is 0 Å². The number of benzene rings is 1. The van der Waals surface area contributed by atoms with Crippen LogP contribution >= 0.6 is 0 Å². The van der Waals surface area contributed by atoms with Crippen LogP contribution in [-0.2, 0) is 9.47 Å². The number of ether oxygens (including phenoxy) is 2. The van der Waals surface area contributed by atoms with Crippen LogP contribution in [0.5, 0.6) is 0 Å². The van der Waals surface area contributed by atoms with Crippen molar-refractivity contribution in [2.75, 3.05) is 38.2 Å². The Morgan fingerprint density at radius 2 is 1.69 bits per heavy atom. The Kier molecular flexibility index (Phi) is 6.15. The zero-order valence-electron chi connectivity index (χ0n) is 15.6. The van der Waals surface area contributed by atoms with Crippen LogP contribution in [0.15, 0.2) is 18.2 Å². The number of amides is 1.